The highest BCUT2D eigenvalue weighted by atomic mass is 32.2. The minimum Gasteiger partial charge on any atom is -0.339 e. The lowest BCUT2D eigenvalue weighted by molar-refractivity contribution is 0.0664. The van der Waals surface area contributed by atoms with Crippen molar-refractivity contribution in [2.75, 3.05) is 19.3 Å². The maximum atomic E-state index is 12.9. The Labute approximate surface area is 151 Å². The van der Waals surface area contributed by atoms with Crippen LogP contribution >= 0.6 is 11.8 Å². The van der Waals surface area contributed by atoms with E-state index in [1.165, 1.54) is 24.6 Å². The van der Waals surface area contributed by atoms with Crippen LogP contribution in [0.15, 0.2) is 27.9 Å². The van der Waals surface area contributed by atoms with Gasteiger partial charge in [0.05, 0.1) is 5.56 Å². The summed E-state index contributed by atoms with van der Waals surface area (Å²) in [6, 6.07) is 3.69. The van der Waals surface area contributed by atoms with Crippen molar-refractivity contribution in [2.45, 2.75) is 43.0 Å². The lowest BCUT2D eigenvalue weighted by Gasteiger charge is -2.32. The van der Waals surface area contributed by atoms with Crippen LogP contribution in [-0.2, 0) is 6.42 Å². The van der Waals surface area contributed by atoms with E-state index in [1.807, 2.05) is 23.3 Å². The van der Waals surface area contributed by atoms with Crippen LogP contribution < -0.4 is 0 Å². The topological polar surface area (TPSA) is 72.1 Å². The molecule has 0 N–H and O–H groups in total. The summed E-state index contributed by atoms with van der Waals surface area (Å²) in [7, 11) is 0. The quantitative estimate of drug-likeness (QED) is 0.765. The molecule has 1 amide bonds. The van der Waals surface area contributed by atoms with Gasteiger partial charge in [0.2, 0.25) is 5.89 Å². The standard InChI is InChI=1S/C18H22N4O2S/c1-25-17-14(5-2-8-19-17)18(23)22-9-3-4-12(11-22)10-15-20-16(21-24-15)13-6-7-13/h2,5,8,12-13H,3-4,6-7,9-11H2,1H3. The molecule has 2 aromatic heterocycles. The van der Waals surface area contributed by atoms with Gasteiger partial charge in [-0.1, -0.05) is 5.16 Å². The van der Waals surface area contributed by atoms with Crippen LogP contribution in [0.4, 0.5) is 0 Å². The summed E-state index contributed by atoms with van der Waals surface area (Å²) in [4.78, 5) is 23.7. The summed E-state index contributed by atoms with van der Waals surface area (Å²) in [5.41, 5.74) is 0.699. The number of piperidine rings is 1. The van der Waals surface area contributed by atoms with Crippen LogP contribution in [0.2, 0.25) is 0 Å². The van der Waals surface area contributed by atoms with Gasteiger partial charge in [0, 0.05) is 31.6 Å². The van der Waals surface area contributed by atoms with Gasteiger partial charge in [-0.05, 0) is 50.0 Å². The lowest BCUT2D eigenvalue weighted by Crippen LogP contribution is -2.40. The summed E-state index contributed by atoms with van der Waals surface area (Å²) < 4.78 is 5.41. The number of thioether (sulfide) groups is 1. The first kappa shape index (κ1) is 16.6. The van der Waals surface area contributed by atoms with E-state index in [4.69, 9.17) is 4.52 Å². The van der Waals surface area contributed by atoms with Gasteiger partial charge in [-0.3, -0.25) is 4.79 Å². The summed E-state index contributed by atoms with van der Waals surface area (Å²) >= 11 is 1.51. The molecule has 1 saturated carbocycles. The highest BCUT2D eigenvalue weighted by Gasteiger charge is 2.30. The van der Waals surface area contributed by atoms with Gasteiger partial charge in [-0.25, -0.2) is 4.98 Å². The Bertz CT molecular complexity index is 759. The first-order chi connectivity index (χ1) is 12.2. The third kappa shape index (κ3) is 3.71. The number of hydrogen-bond donors (Lipinski definition) is 0. The molecule has 1 unspecified atom stereocenters. The van der Waals surface area contributed by atoms with Crippen molar-refractivity contribution in [2.24, 2.45) is 5.92 Å². The molecule has 0 radical (unpaired) electrons. The number of carbonyl (C=O) groups is 1. The Kier molecular flexibility index (Phi) is 4.74. The van der Waals surface area contributed by atoms with Crippen molar-refractivity contribution in [1.29, 1.82) is 0 Å². The molecule has 132 valence electrons. The van der Waals surface area contributed by atoms with Crippen molar-refractivity contribution in [1.82, 2.24) is 20.0 Å². The number of rotatable bonds is 5. The van der Waals surface area contributed by atoms with E-state index in [9.17, 15) is 4.79 Å². The molecule has 3 heterocycles. The second kappa shape index (κ2) is 7.15. The molecule has 1 aliphatic carbocycles. The minimum absolute atomic E-state index is 0.0753. The van der Waals surface area contributed by atoms with Gasteiger partial charge in [0.15, 0.2) is 5.82 Å². The molecule has 7 heteroatoms. The zero-order valence-electron chi connectivity index (χ0n) is 14.4. The van der Waals surface area contributed by atoms with Gasteiger partial charge >= 0.3 is 0 Å². The van der Waals surface area contributed by atoms with Crippen LogP contribution in [0.5, 0.6) is 0 Å². The van der Waals surface area contributed by atoms with E-state index in [1.54, 1.807) is 6.20 Å². The first-order valence-electron chi connectivity index (χ1n) is 8.85. The molecule has 1 saturated heterocycles. The Morgan fingerprint density at radius 2 is 2.28 bits per heavy atom. The lowest BCUT2D eigenvalue weighted by atomic mass is 9.94. The van der Waals surface area contributed by atoms with Crippen LogP contribution in [0, 0.1) is 5.92 Å². The predicted molar refractivity (Wildman–Crippen MR) is 94.6 cm³/mol. The van der Waals surface area contributed by atoms with Crippen LogP contribution in [-0.4, -0.2) is 45.3 Å². The molecule has 2 fully saturated rings. The maximum absolute atomic E-state index is 12.9. The van der Waals surface area contributed by atoms with E-state index < -0.39 is 0 Å². The van der Waals surface area contributed by atoms with Gasteiger partial charge < -0.3 is 9.42 Å². The monoisotopic (exact) mass is 358 g/mol. The molecule has 1 atom stereocenters. The molecule has 0 bridgehead atoms. The largest absolute Gasteiger partial charge is 0.339 e. The van der Waals surface area contributed by atoms with Crippen LogP contribution in [0.1, 0.15) is 53.7 Å². The number of likely N-dealkylation sites (tertiary alicyclic amines) is 1. The number of nitrogens with zero attached hydrogens (tertiary/aromatic N) is 4. The van der Waals surface area contributed by atoms with E-state index >= 15 is 0 Å². The fourth-order valence-electron chi connectivity index (χ4n) is 3.41. The smallest absolute Gasteiger partial charge is 0.256 e. The molecular formula is C18H22N4O2S. The Morgan fingerprint density at radius 3 is 3.08 bits per heavy atom. The number of carbonyl (C=O) groups excluding carboxylic acids is 1. The third-order valence-corrected chi connectivity index (χ3v) is 5.60. The van der Waals surface area contributed by atoms with Crippen LogP contribution in [0.3, 0.4) is 0 Å². The first-order valence-corrected chi connectivity index (χ1v) is 10.1. The Hall–Kier alpha value is -1.89. The molecule has 0 spiro atoms. The van der Waals surface area contributed by atoms with Crippen molar-refractivity contribution in [3.8, 4) is 0 Å². The molecule has 6 nitrogen and oxygen atoms in total. The normalized spacial score (nSPS) is 20.7. The summed E-state index contributed by atoms with van der Waals surface area (Å²) in [6.45, 7) is 1.54. The fourth-order valence-corrected chi connectivity index (χ4v) is 3.95. The van der Waals surface area contributed by atoms with Gasteiger partial charge in [0.25, 0.3) is 5.91 Å². The van der Waals surface area contributed by atoms with Crippen molar-refractivity contribution in [3.63, 3.8) is 0 Å². The maximum Gasteiger partial charge on any atom is 0.256 e. The molecule has 2 aliphatic rings. The van der Waals surface area contributed by atoms with E-state index in [0.717, 1.165) is 43.2 Å². The van der Waals surface area contributed by atoms with Gasteiger partial charge in [-0.2, -0.15) is 4.98 Å². The molecular weight excluding hydrogens is 336 g/mol. The van der Waals surface area contributed by atoms with Gasteiger partial charge in [0.1, 0.15) is 5.03 Å². The second-order valence-electron chi connectivity index (χ2n) is 6.84. The molecule has 1 aliphatic heterocycles. The number of pyridine rings is 1. The Balaban J connectivity index is 1.42. The zero-order valence-corrected chi connectivity index (χ0v) is 15.2. The van der Waals surface area contributed by atoms with Crippen molar-refractivity contribution >= 4 is 17.7 Å². The summed E-state index contributed by atoms with van der Waals surface area (Å²) in [5.74, 6) is 2.54. The van der Waals surface area contributed by atoms with E-state index in [-0.39, 0.29) is 5.91 Å². The average molecular weight is 358 g/mol. The second-order valence-corrected chi connectivity index (χ2v) is 7.64. The highest BCUT2D eigenvalue weighted by Crippen LogP contribution is 2.38. The number of amides is 1. The predicted octanol–water partition coefficient (Wildman–Crippen LogP) is 3.16. The SMILES string of the molecule is CSc1ncccc1C(=O)N1CCCC(Cc2nc(C3CC3)no2)C1. The summed E-state index contributed by atoms with van der Waals surface area (Å²) in [5, 5.41) is 4.88. The van der Waals surface area contributed by atoms with E-state index in [2.05, 4.69) is 15.1 Å². The Morgan fingerprint density at radius 1 is 1.40 bits per heavy atom. The molecule has 25 heavy (non-hydrogen) atoms. The zero-order chi connectivity index (χ0) is 17.2. The van der Waals surface area contributed by atoms with Crippen LogP contribution in [0.25, 0.3) is 0 Å². The molecule has 0 aromatic carbocycles. The number of hydrogen-bond acceptors (Lipinski definition) is 6. The average Bonchev–Trinajstić information content (AvgIpc) is 3.41. The highest BCUT2D eigenvalue weighted by molar-refractivity contribution is 7.98. The number of aromatic nitrogens is 3. The summed E-state index contributed by atoms with van der Waals surface area (Å²) in [6.07, 6.45) is 8.88. The van der Waals surface area contributed by atoms with Gasteiger partial charge in [-0.15, -0.1) is 11.8 Å². The van der Waals surface area contributed by atoms with Crippen molar-refractivity contribution < 1.29 is 9.32 Å². The van der Waals surface area contributed by atoms with E-state index in [0.29, 0.717) is 23.3 Å². The minimum atomic E-state index is 0.0753. The molecule has 2 aromatic rings. The fraction of sp³-hybridized carbons (Fsp3) is 0.556. The van der Waals surface area contributed by atoms with Crippen molar-refractivity contribution in [3.05, 3.63) is 35.6 Å². The molecule has 4 rings (SSSR count). The third-order valence-electron chi connectivity index (χ3n) is 4.89.